The van der Waals surface area contributed by atoms with Gasteiger partial charge >= 0.3 is 0 Å². The number of aromatic nitrogens is 1. The van der Waals surface area contributed by atoms with E-state index in [2.05, 4.69) is 17.6 Å². The summed E-state index contributed by atoms with van der Waals surface area (Å²) in [6.45, 7) is 0. The van der Waals surface area contributed by atoms with Crippen molar-refractivity contribution in [2.24, 2.45) is 0 Å². The summed E-state index contributed by atoms with van der Waals surface area (Å²) in [5, 5.41) is 1.60. The second kappa shape index (κ2) is 4.43. The first-order valence-corrected chi connectivity index (χ1v) is 5.02. The molecule has 1 aromatic rings. The molecule has 0 saturated carbocycles. The van der Waals surface area contributed by atoms with Crippen LogP contribution in [0.2, 0.25) is 0 Å². The van der Waals surface area contributed by atoms with Crippen LogP contribution in [-0.2, 0) is 0 Å². The minimum Gasteiger partial charge on any atom is -0.343 e. The van der Waals surface area contributed by atoms with E-state index in [1.165, 1.54) is 16.2 Å². The number of hydrogen-bond donors (Lipinski definition) is 1. The molecule has 0 aliphatic heterocycles. The van der Waals surface area contributed by atoms with E-state index in [9.17, 15) is 4.79 Å². The van der Waals surface area contributed by atoms with Gasteiger partial charge in [-0.3, -0.25) is 4.79 Å². The maximum Gasteiger partial charge on any atom is 0.273 e. The predicted molar refractivity (Wildman–Crippen MR) is 58.2 cm³/mol. The number of carbonyl (C=O) groups is 1. The molecule has 3 nitrogen and oxygen atoms in total. The Morgan fingerprint density at radius 1 is 1.69 bits per heavy atom. The van der Waals surface area contributed by atoms with Crippen LogP contribution in [0.25, 0.3) is 6.08 Å². The zero-order valence-corrected chi connectivity index (χ0v) is 9.10. The van der Waals surface area contributed by atoms with Gasteiger partial charge in [0.25, 0.3) is 5.91 Å². The average molecular weight is 214 g/mol. The van der Waals surface area contributed by atoms with Crippen LogP contribution in [0.1, 0.15) is 15.4 Å². The van der Waals surface area contributed by atoms with Crippen molar-refractivity contribution < 1.29 is 4.79 Å². The highest BCUT2D eigenvalue weighted by molar-refractivity contribution is 7.83. The third-order valence-corrected chi connectivity index (χ3v) is 2.37. The number of nitrogens with zero attached hydrogens (tertiary/aromatic N) is 2. The molecule has 0 atom stereocenters. The Hall–Kier alpha value is -0.810. The van der Waals surface area contributed by atoms with Crippen molar-refractivity contribution in [1.82, 2.24) is 9.88 Å². The maximum atomic E-state index is 11.5. The molecule has 0 aliphatic rings. The predicted octanol–water partition coefficient (Wildman–Crippen LogP) is 1.75. The van der Waals surface area contributed by atoms with Gasteiger partial charge in [-0.1, -0.05) is 0 Å². The van der Waals surface area contributed by atoms with Crippen molar-refractivity contribution in [3.63, 3.8) is 0 Å². The topological polar surface area (TPSA) is 33.2 Å². The molecule has 0 saturated heterocycles. The molecule has 0 bridgehead atoms. The van der Waals surface area contributed by atoms with Crippen molar-refractivity contribution in [1.29, 1.82) is 0 Å². The average Bonchev–Trinajstić information content (AvgIpc) is 2.52. The van der Waals surface area contributed by atoms with Gasteiger partial charge < -0.3 is 4.90 Å². The highest BCUT2D eigenvalue weighted by Gasteiger charge is 2.14. The number of thiazole rings is 1. The van der Waals surface area contributed by atoms with Gasteiger partial charge in [0.1, 0.15) is 5.69 Å². The highest BCUT2D eigenvalue weighted by atomic mass is 32.1. The molecule has 1 amide bonds. The molecule has 1 aromatic heterocycles. The first kappa shape index (κ1) is 10.3. The van der Waals surface area contributed by atoms with Crippen molar-refractivity contribution in [3.8, 4) is 0 Å². The first-order chi connectivity index (χ1) is 6.16. The molecule has 0 aromatic carbocycles. The molecule has 0 N–H and O–H groups in total. The van der Waals surface area contributed by atoms with E-state index in [4.69, 9.17) is 0 Å². The zero-order valence-electron chi connectivity index (χ0n) is 7.39. The summed E-state index contributed by atoms with van der Waals surface area (Å²) in [7, 11) is 3.41. The molecule has 0 fully saturated rings. The van der Waals surface area contributed by atoms with Gasteiger partial charge in [0.05, 0.1) is 10.4 Å². The van der Waals surface area contributed by atoms with Gasteiger partial charge in [0, 0.05) is 14.1 Å². The summed E-state index contributed by atoms with van der Waals surface area (Å²) in [4.78, 5) is 17.9. The number of rotatable bonds is 2. The largest absolute Gasteiger partial charge is 0.343 e. The van der Waals surface area contributed by atoms with Crippen molar-refractivity contribution in [2.75, 3.05) is 14.1 Å². The molecule has 1 heterocycles. The van der Waals surface area contributed by atoms with E-state index in [1.807, 2.05) is 0 Å². The molecule has 13 heavy (non-hydrogen) atoms. The number of amides is 1. The number of thiol groups is 1. The monoisotopic (exact) mass is 214 g/mol. The SMILES string of the molecule is CN(C)C(=O)c1ncsc1/C=C\S. The minimum absolute atomic E-state index is 0.0808. The summed E-state index contributed by atoms with van der Waals surface area (Å²) in [6, 6.07) is 0. The molecule has 0 spiro atoms. The van der Waals surface area contributed by atoms with E-state index in [0.29, 0.717) is 5.69 Å². The van der Waals surface area contributed by atoms with Gasteiger partial charge in [0.2, 0.25) is 0 Å². The Balaban J connectivity index is 3.00. The summed E-state index contributed by atoms with van der Waals surface area (Å²) >= 11 is 5.37. The van der Waals surface area contributed by atoms with Crippen LogP contribution in [0, 0.1) is 0 Å². The summed E-state index contributed by atoms with van der Waals surface area (Å²) in [5.41, 5.74) is 2.14. The van der Waals surface area contributed by atoms with Gasteiger partial charge in [-0.15, -0.1) is 11.3 Å². The third kappa shape index (κ3) is 2.32. The highest BCUT2D eigenvalue weighted by Crippen LogP contribution is 2.16. The lowest BCUT2D eigenvalue weighted by atomic mass is 10.3. The zero-order chi connectivity index (χ0) is 9.84. The molecular weight excluding hydrogens is 204 g/mol. The van der Waals surface area contributed by atoms with Crippen LogP contribution in [-0.4, -0.2) is 29.9 Å². The molecule has 5 heteroatoms. The molecule has 70 valence electrons. The van der Waals surface area contributed by atoms with Crippen LogP contribution >= 0.6 is 24.0 Å². The normalized spacial score (nSPS) is 10.7. The van der Waals surface area contributed by atoms with Crippen LogP contribution in [0.5, 0.6) is 0 Å². The standard InChI is InChI=1S/C8H10N2OS2/c1-10(2)8(11)7-6(3-4-12)13-5-9-7/h3-5,12H,1-2H3/b4-3-. The maximum absolute atomic E-state index is 11.5. The fourth-order valence-corrected chi connectivity index (χ4v) is 1.73. The quantitative estimate of drug-likeness (QED) is 0.761. The fraction of sp³-hybridized carbons (Fsp3) is 0.250. The van der Waals surface area contributed by atoms with Crippen LogP contribution in [0.3, 0.4) is 0 Å². The Bertz CT molecular complexity index is 331. The Morgan fingerprint density at radius 3 is 2.92 bits per heavy atom. The summed E-state index contributed by atoms with van der Waals surface area (Å²) in [5.74, 6) is -0.0808. The van der Waals surface area contributed by atoms with Crippen molar-refractivity contribution in [3.05, 3.63) is 21.5 Å². The van der Waals surface area contributed by atoms with Crippen molar-refractivity contribution >= 4 is 35.9 Å². The lowest BCUT2D eigenvalue weighted by Crippen LogP contribution is -2.22. The van der Waals surface area contributed by atoms with Crippen LogP contribution < -0.4 is 0 Å². The van der Waals surface area contributed by atoms with E-state index < -0.39 is 0 Å². The van der Waals surface area contributed by atoms with Crippen LogP contribution in [0.4, 0.5) is 0 Å². The smallest absolute Gasteiger partial charge is 0.273 e. The second-order valence-corrected chi connectivity index (χ2v) is 3.77. The molecule has 1 rings (SSSR count). The van der Waals surface area contributed by atoms with Gasteiger partial charge in [-0.05, 0) is 11.5 Å². The van der Waals surface area contributed by atoms with E-state index in [1.54, 1.807) is 31.1 Å². The summed E-state index contributed by atoms with van der Waals surface area (Å²) in [6.07, 6.45) is 1.76. The Morgan fingerprint density at radius 2 is 2.38 bits per heavy atom. The van der Waals surface area contributed by atoms with E-state index in [-0.39, 0.29) is 5.91 Å². The second-order valence-electron chi connectivity index (χ2n) is 2.58. The van der Waals surface area contributed by atoms with E-state index >= 15 is 0 Å². The van der Waals surface area contributed by atoms with Gasteiger partial charge in [0.15, 0.2) is 0 Å². The Labute approximate surface area is 86.5 Å². The van der Waals surface area contributed by atoms with Crippen LogP contribution in [0.15, 0.2) is 10.9 Å². The third-order valence-electron chi connectivity index (χ3n) is 1.43. The van der Waals surface area contributed by atoms with Gasteiger partial charge in [-0.25, -0.2) is 4.98 Å². The van der Waals surface area contributed by atoms with E-state index in [0.717, 1.165) is 4.88 Å². The van der Waals surface area contributed by atoms with Crippen molar-refractivity contribution in [2.45, 2.75) is 0 Å². The first-order valence-electron chi connectivity index (χ1n) is 3.62. The molecule has 0 aliphatic carbocycles. The lowest BCUT2D eigenvalue weighted by Gasteiger charge is -2.07. The fourth-order valence-electron chi connectivity index (χ4n) is 0.814. The number of carbonyl (C=O) groups excluding carboxylic acids is 1. The molecule has 0 radical (unpaired) electrons. The summed E-state index contributed by atoms with van der Waals surface area (Å²) < 4.78 is 0. The van der Waals surface area contributed by atoms with Gasteiger partial charge in [-0.2, -0.15) is 12.6 Å². The number of hydrogen-bond acceptors (Lipinski definition) is 4. The lowest BCUT2D eigenvalue weighted by molar-refractivity contribution is 0.0822. The minimum atomic E-state index is -0.0808. The Kier molecular flexibility index (Phi) is 3.50. The molecular formula is C8H10N2OS2. The molecule has 0 unspecified atom stereocenters.